The zero-order valence-corrected chi connectivity index (χ0v) is 13.1. The predicted octanol–water partition coefficient (Wildman–Crippen LogP) is -3.73. The van der Waals surface area contributed by atoms with Crippen LogP contribution in [0.1, 0.15) is 0 Å². The van der Waals surface area contributed by atoms with Crippen LogP contribution in [0.15, 0.2) is 24.3 Å². The Labute approximate surface area is 131 Å². The van der Waals surface area contributed by atoms with Gasteiger partial charge in [-0.3, -0.25) is 0 Å². The van der Waals surface area contributed by atoms with Gasteiger partial charge in [0.25, 0.3) is 0 Å². The van der Waals surface area contributed by atoms with Crippen molar-refractivity contribution in [3.63, 3.8) is 0 Å². The molecule has 0 spiro atoms. The third kappa shape index (κ3) is 9.89. The van der Waals surface area contributed by atoms with Crippen LogP contribution in [0.2, 0.25) is 5.02 Å². The van der Waals surface area contributed by atoms with E-state index < -0.39 is 0 Å². The molecule has 1 nitrogen and oxygen atoms in total. The van der Waals surface area contributed by atoms with E-state index in [-0.39, 0.29) is 80.1 Å². The summed E-state index contributed by atoms with van der Waals surface area (Å²) in [5.74, 6) is 0. The van der Waals surface area contributed by atoms with E-state index in [1.807, 2.05) is 0 Å². The van der Waals surface area contributed by atoms with E-state index in [1.165, 1.54) is 0 Å². The number of nitrogens with one attached hydrogen (secondary N) is 1. The number of rotatable bonds is 0. The third-order valence-electron chi connectivity index (χ3n) is 0.825. The van der Waals surface area contributed by atoms with Crippen LogP contribution in [-0.2, 0) is 0 Å². The van der Waals surface area contributed by atoms with Crippen LogP contribution < -0.4 is 34.0 Å². The molecule has 0 heterocycles. The molecule has 1 rings (SSSR count). The molecule has 1 aromatic rings. The van der Waals surface area contributed by atoms with Crippen molar-refractivity contribution in [1.29, 1.82) is 0 Å². The van der Waals surface area contributed by atoms with Crippen molar-refractivity contribution in [1.82, 2.24) is 0 Å². The smallest absolute Gasteiger partial charge is 1.00 e. The van der Waals surface area contributed by atoms with Gasteiger partial charge in [0.05, 0.1) is 0 Å². The standard InChI is InChI=1S/C6H5ClN.2BrH.2Mg/c7-5-2-1-3-6(8)4-5;;;;/h1-4,8H;2*1H;;/q-1;;;2*+2/p-2. The third-order valence-corrected chi connectivity index (χ3v) is 1.06. The fourth-order valence-corrected chi connectivity index (χ4v) is 0.679. The minimum Gasteiger partial charge on any atom is -1.00 e. The molecule has 0 amide bonds. The van der Waals surface area contributed by atoms with E-state index in [0.717, 1.165) is 0 Å². The van der Waals surface area contributed by atoms with Crippen LogP contribution in [0, 0.1) is 0 Å². The second-order valence-electron chi connectivity index (χ2n) is 1.51. The molecule has 0 aromatic heterocycles. The fraction of sp³-hybridized carbons (Fsp3) is 0. The second kappa shape index (κ2) is 12.8. The van der Waals surface area contributed by atoms with Crippen LogP contribution in [0.4, 0.5) is 5.69 Å². The Morgan fingerprint density at radius 2 is 1.58 bits per heavy atom. The molecule has 0 saturated carbocycles. The Morgan fingerprint density at radius 3 is 1.83 bits per heavy atom. The molecule has 12 heavy (non-hydrogen) atoms. The fourth-order valence-electron chi connectivity index (χ4n) is 0.488. The van der Waals surface area contributed by atoms with Gasteiger partial charge in [-0.05, 0) is 6.07 Å². The maximum absolute atomic E-state index is 7.05. The van der Waals surface area contributed by atoms with Crippen molar-refractivity contribution in [3.8, 4) is 0 Å². The van der Waals surface area contributed by atoms with Gasteiger partial charge < -0.3 is 39.7 Å². The first-order chi connectivity index (χ1) is 3.79. The number of benzene rings is 1. The summed E-state index contributed by atoms with van der Waals surface area (Å²) in [4.78, 5) is 0. The predicted molar refractivity (Wildman–Crippen MR) is 46.9 cm³/mol. The second-order valence-corrected chi connectivity index (χ2v) is 1.95. The van der Waals surface area contributed by atoms with Crippen LogP contribution in [0.5, 0.6) is 0 Å². The van der Waals surface area contributed by atoms with Crippen molar-refractivity contribution in [2.45, 2.75) is 0 Å². The summed E-state index contributed by atoms with van der Waals surface area (Å²) >= 11 is 5.52. The monoisotopic (exact) mass is 332 g/mol. The minimum atomic E-state index is 0. The van der Waals surface area contributed by atoms with Crippen molar-refractivity contribution >= 4 is 63.4 Å². The number of halogens is 3. The van der Waals surface area contributed by atoms with Gasteiger partial charge in [0.2, 0.25) is 0 Å². The Balaban J connectivity index is -0.0000000800. The number of hydrogen-bond acceptors (Lipinski definition) is 0. The van der Waals surface area contributed by atoms with Crippen LogP contribution >= 0.6 is 11.6 Å². The molecule has 0 fully saturated rings. The minimum absolute atomic E-state index is 0. The van der Waals surface area contributed by atoms with Crippen LogP contribution in [0.3, 0.4) is 0 Å². The molecule has 0 aliphatic carbocycles. The summed E-state index contributed by atoms with van der Waals surface area (Å²) in [5, 5.41) is 0.623. The molecule has 0 atom stereocenters. The average molecular weight is 335 g/mol. The first-order valence-electron chi connectivity index (χ1n) is 2.26. The van der Waals surface area contributed by atoms with Crippen LogP contribution in [0.25, 0.3) is 5.73 Å². The van der Waals surface area contributed by atoms with E-state index in [0.29, 0.717) is 10.7 Å². The van der Waals surface area contributed by atoms with Gasteiger partial charge in [-0.25, -0.2) is 0 Å². The summed E-state index contributed by atoms with van der Waals surface area (Å²) in [7, 11) is 0. The van der Waals surface area contributed by atoms with Gasteiger partial charge in [0.15, 0.2) is 0 Å². The van der Waals surface area contributed by atoms with Crippen molar-refractivity contribution in [3.05, 3.63) is 35.0 Å². The van der Waals surface area contributed by atoms with E-state index in [9.17, 15) is 0 Å². The molecule has 58 valence electrons. The van der Waals surface area contributed by atoms with E-state index >= 15 is 0 Å². The van der Waals surface area contributed by atoms with E-state index in [2.05, 4.69) is 0 Å². The molecular formula is C6H5Br2ClMg2N+. The molecule has 1 aromatic carbocycles. The first-order valence-corrected chi connectivity index (χ1v) is 2.64. The molecule has 0 saturated heterocycles. The maximum atomic E-state index is 7.05. The molecule has 1 N–H and O–H groups in total. The van der Waals surface area contributed by atoms with Gasteiger partial charge in [-0.2, -0.15) is 0 Å². The summed E-state index contributed by atoms with van der Waals surface area (Å²) in [6, 6.07) is 6.79. The SMILES string of the molecule is [Br-].[Br-].[Mg+2].[Mg+2].[NH-]c1cccc(Cl)c1. The molecule has 0 aliphatic heterocycles. The van der Waals surface area contributed by atoms with Crippen molar-refractivity contribution in [2.75, 3.05) is 0 Å². The Kier molecular flexibility index (Phi) is 25.1. The van der Waals surface area contributed by atoms with Gasteiger partial charge in [0.1, 0.15) is 0 Å². The largest absolute Gasteiger partial charge is 2.00 e. The summed E-state index contributed by atoms with van der Waals surface area (Å²) in [5.41, 5.74) is 7.51. The Hall–Kier alpha value is 1.80. The van der Waals surface area contributed by atoms with Crippen LogP contribution in [-0.4, -0.2) is 46.1 Å². The molecule has 0 bridgehead atoms. The van der Waals surface area contributed by atoms with Crippen molar-refractivity contribution < 1.29 is 34.0 Å². The molecule has 0 unspecified atom stereocenters. The van der Waals surface area contributed by atoms with Gasteiger partial charge in [0, 0.05) is 5.02 Å². The van der Waals surface area contributed by atoms with Gasteiger partial charge in [-0.1, -0.05) is 29.8 Å². The van der Waals surface area contributed by atoms with Gasteiger partial charge >= 0.3 is 46.1 Å². The average Bonchev–Trinajstić information content (AvgIpc) is 1.64. The molecule has 0 radical (unpaired) electrons. The quantitative estimate of drug-likeness (QED) is 0.436. The first kappa shape index (κ1) is 23.5. The normalized spacial score (nSPS) is 6.08. The molecule has 6 heteroatoms. The number of hydrogen-bond donors (Lipinski definition) is 0. The Bertz CT molecular complexity index is 183. The van der Waals surface area contributed by atoms with E-state index in [1.54, 1.807) is 24.3 Å². The van der Waals surface area contributed by atoms with E-state index in [4.69, 9.17) is 17.3 Å². The van der Waals surface area contributed by atoms with Gasteiger partial charge in [-0.15, -0.1) is 5.69 Å². The summed E-state index contributed by atoms with van der Waals surface area (Å²) < 4.78 is 0. The topological polar surface area (TPSA) is 23.8 Å². The summed E-state index contributed by atoms with van der Waals surface area (Å²) in [6.07, 6.45) is 0. The van der Waals surface area contributed by atoms with Crippen molar-refractivity contribution in [2.24, 2.45) is 0 Å². The molecule has 0 aliphatic rings. The maximum Gasteiger partial charge on any atom is 2.00 e. The Morgan fingerprint density at radius 1 is 1.08 bits per heavy atom. The molecular weight excluding hydrogens is 330 g/mol. The zero-order chi connectivity index (χ0) is 5.98. The summed E-state index contributed by atoms with van der Waals surface area (Å²) in [6.45, 7) is 0. The zero-order valence-electron chi connectivity index (χ0n) is 6.36.